The molecule has 4 heteroatoms. The van der Waals surface area contributed by atoms with E-state index >= 15 is 0 Å². The SMILES string of the molecule is CSc1ccc(Cl)cc1NC(C)CCCO. The van der Waals surface area contributed by atoms with E-state index in [0.717, 1.165) is 23.6 Å². The normalized spacial score (nSPS) is 12.5. The van der Waals surface area contributed by atoms with Crippen molar-refractivity contribution in [3.8, 4) is 0 Å². The summed E-state index contributed by atoms with van der Waals surface area (Å²) in [6, 6.07) is 6.21. The van der Waals surface area contributed by atoms with Gasteiger partial charge in [0.2, 0.25) is 0 Å². The average molecular weight is 260 g/mol. The molecule has 1 atom stereocenters. The monoisotopic (exact) mass is 259 g/mol. The lowest BCUT2D eigenvalue weighted by molar-refractivity contribution is 0.282. The first-order chi connectivity index (χ1) is 7.67. The summed E-state index contributed by atoms with van der Waals surface area (Å²) in [7, 11) is 0. The molecule has 90 valence electrons. The molecule has 2 nitrogen and oxygen atoms in total. The standard InChI is InChI=1S/C12H18ClNOS/c1-9(4-3-7-15)14-11-8-10(13)5-6-12(11)16-2/h5-6,8-9,14-15H,3-4,7H2,1-2H3. The Hall–Kier alpha value is -0.380. The molecule has 1 rings (SSSR count). The van der Waals surface area contributed by atoms with Crippen LogP contribution < -0.4 is 5.32 Å². The van der Waals surface area contributed by atoms with Crippen LogP contribution in [0.1, 0.15) is 19.8 Å². The zero-order valence-corrected chi connectivity index (χ0v) is 11.2. The highest BCUT2D eigenvalue weighted by Crippen LogP contribution is 2.29. The summed E-state index contributed by atoms with van der Waals surface area (Å²) in [5.41, 5.74) is 1.07. The van der Waals surface area contributed by atoms with Gasteiger partial charge in [-0.25, -0.2) is 0 Å². The predicted octanol–water partition coefficient (Wildman–Crippen LogP) is 3.63. The van der Waals surface area contributed by atoms with Gasteiger partial charge in [-0.15, -0.1) is 11.8 Å². The molecule has 1 unspecified atom stereocenters. The number of rotatable bonds is 6. The van der Waals surface area contributed by atoms with Crippen molar-refractivity contribution in [3.05, 3.63) is 23.2 Å². The first kappa shape index (κ1) is 13.7. The van der Waals surface area contributed by atoms with E-state index < -0.39 is 0 Å². The third-order valence-electron chi connectivity index (χ3n) is 2.36. The second-order valence-corrected chi connectivity index (χ2v) is 5.04. The quantitative estimate of drug-likeness (QED) is 0.765. The Morgan fingerprint density at radius 3 is 2.88 bits per heavy atom. The van der Waals surface area contributed by atoms with Crippen LogP contribution in [-0.4, -0.2) is 24.0 Å². The number of hydrogen-bond donors (Lipinski definition) is 2. The van der Waals surface area contributed by atoms with E-state index in [1.54, 1.807) is 11.8 Å². The molecule has 0 bridgehead atoms. The minimum absolute atomic E-state index is 0.247. The van der Waals surface area contributed by atoms with Crippen molar-refractivity contribution in [2.75, 3.05) is 18.2 Å². The van der Waals surface area contributed by atoms with Crippen molar-refractivity contribution in [2.45, 2.75) is 30.7 Å². The molecule has 0 aliphatic heterocycles. The van der Waals surface area contributed by atoms with Gasteiger partial charge >= 0.3 is 0 Å². The van der Waals surface area contributed by atoms with Gasteiger partial charge in [0.1, 0.15) is 0 Å². The Balaban J connectivity index is 2.67. The fourth-order valence-corrected chi connectivity index (χ4v) is 2.24. The van der Waals surface area contributed by atoms with Crippen molar-refractivity contribution in [1.82, 2.24) is 0 Å². The summed E-state index contributed by atoms with van der Waals surface area (Å²) in [4.78, 5) is 1.19. The number of anilines is 1. The number of halogens is 1. The molecule has 16 heavy (non-hydrogen) atoms. The van der Waals surface area contributed by atoms with Gasteiger partial charge in [0.05, 0.1) is 0 Å². The lowest BCUT2D eigenvalue weighted by atomic mass is 10.2. The van der Waals surface area contributed by atoms with Gasteiger partial charge in [-0.3, -0.25) is 0 Å². The summed E-state index contributed by atoms with van der Waals surface area (Å²) < 4.78 is 0. The third kappa shape index (κ3) is 4.24. The fourth-order valence-electron chi connectivity index (χ4n) is 1.53. The van der Waals surface area contributed by atoms with Crippen LogP contribution in [-0.2, 0) is 0 Å². The van der Waals surface area contributed by atoms with Gasteiger partial charge in [-0.05, 0) is 44.2 Å². The van der Waals surface area contributed by atoms with E-state index in [0.29, 0.717) is 6.04 Å². The highest BCUT2D eigenvalue weighted by molar-refractivity contribution is 7.98. The number of benzene rings is 1. The van der Waals surface area contributed by atoms with Crippen molar-refractivity contribution >= 4 is 29.1 Å². The first-order valence-electron chi connectivity index (χ1n) is 5.38. The van der Waals surface area contributed by atoms with Crippen LogP contribution in [0.3, 0.4) is 0 Å². The summed E-state index contributed by atoms with van der Waals surface area (Å²) in [6.45, 7) is 2.36. The van der Waals surface area contributed by atoms with Crippen LogP contribution in [0.25, 0.3) is 0 Å². The predicted molar refractivity (Wildman–Crippen MR) is 72.6 cm³/mol. The van der Waals surface area contributed by atoms with E-state index in [1.807, 2.05) is 24.5 Å². The fraction of sp³-hybridized carbons (Fsp3) is 0.500. The molecule has 0 amide bonds. The molecule has 1 aromatic rings. The van der Waals surface area contributed by atoms with Crippen LogP contribution in [0.15, 0.2) is 23.1 Å². The molecular weight excluding hydrogens is 242 g/mol. The highest BCUT2D eigenvalue weighted by Gasteiger charge is 2.06. The smallest absolute Gasteiger partial charge is 0.0495 e. The van der Waals surface area contributed by atoms with Gasteiger partial charge < -0.3 is 10.4 Å². The van der Waals surface area contributed by atoms with Crippen LogP contribution in [0.2, 0.25) is 5.02 Å². The minimum Gasteiger partial charge on any atom is -0.396 e. The molecule has 0 saturated heterocycles. The molecule has 1 aromatic carbocycles. The van der Waals surface area contributed by atoms with Crippen LogP contribution in [0.5, 0.6) is 0 Å². The number of hydrogen-bond acceptors (Lipinski definition) is 3. The molecular formula is C12H18ClNOS. The Labute approximate surface area is 106 Å². The van der Waals surface area contributed by atoms with Crippen LogP contribution >= 0.6 is 23.4 Å². The van der Waals surface area contributed by atoms with Gasteiger partial charge in [-0.2, -0.15) is 0 Å². The zero-order valence-electron chi connectivity index (χ0n) is 9.66. The van der Waals surface area contributed by atoms with Crippen molar-refractivity contribution in [3.63, 3.8) is 0 Å². The van der Waals surface area contributed by atoms with Crippen molar-refractivity contribution in [1.29, 1.82) is 0 Å². The Morgan fingerprint density at radius 1 is 1.50 bits per heavy atom. The van der Waals surface area contributed by atoms with E-state index in [4.69, 9.17) is 16.7 Å². The molecule has 0 fully saturated rings. The molecule has 0 saturated carbocycles. The number of nitrogens with one attached hydrogen (secondary N) is 1. The Bertz CT molecular complexity index is 333. The maximum absolute atomic E-state index is 8.77. The number of aliphatic hydroxyl groups is 1. The summed E-state index contributed by atoms with van der Waals surface area (Å²) in [5.74, 6) is 0. The maximum atomic E-state index is 8.77. The first-order valence-corrected chi connectivity index (χ1v) is 6.98. The number of aliphatic hydroxyl groups excluding tert-OH is 1. The third-order valence-corrected chi connectivity index (χ3v) is 3.39. The van der Waals surface area contributed by atoms with E-state index in [9.17, 15) is 0 Å². The average Bonchev–Trinajstić information content (AvgIpc) is 2.27. The molecule has 0 heterocycles. The molecule has 0 aromatic heterocycles. The van der Waals surface area contributed by atoms with Crippen LogP contribution in [0.4, 0.5) is 5.69 Å². The topological polar surface area (TPSA) is 32.3 Å². The summed E-state index contributed by atoms with van der Waals surface area (Å²) >= 11 is 7.67. The van der Waals surface area contributed by atoms with Crippen molar-refractivity contribution < 1.29 is 5.11 Å². The second-order valence-electron chi connectivity index (χ2n) is 3.76. The van der Waals surface area contributed by atoms with E-state index in [1.165, 1.54) is 4.90 Å². The van der Waals surface area contributed by atoms with Gasteiger partial charge in [0.25, 0.3) is 0 Å². The van der Waals surface area contributed by atoms with Gasteiger partial charge in [0.15, 0.2) is 0 Å². The lowest BCUT2D eigenvalue weighted by Gasteiger charge is -2.17. The number of thioether (sulfide) groups is 1. The van der Waals surface area contributed by atoms with Crippen molar-refractivity contribution in [2.24, 2.45) is 0 Å². The van der Waals surface area contributed by atoms with E-state index in [2.05, 4.69) is 12.2 Å². The molecule has 0 aliphatic carbocycles. The largest absolute Gasteiger partial charge is 0.396 e. The minimum atomic E-state index is 0.247. The Morgan fingerprint density at radius 2 is 2.25 bits per heavy atom. The lowest BCUT2D eigenvalue weighted by Crippen LogP contribution is -2.15. The zero-order chi connectivity index (χ0) is 12.0. The van der Waals surface area contributed by atoms with Gasteiger partial charge in [-0.1, -0.05) is 11.6 Å². The maximum Gasteiger partial charge on any atom is 0.0495 e. The second kappa shape index (κ2) is 7.05. The summed E-state index contributed by atoms with van der Waals surface area (Å²) in [5, 5.41) is 12.9. The van der Waals surface area contributed by atoms with Gasteiger partial charge in [0, 0.05) is 28.3 Å². The molecule has 0 radical (unpaired) electrons. The highest BCUT2D eigenvalue weighted by atomic mass is 35.5. The summed E-state index contributed by atoms with van der Waals surface area (Å²) in [6.07, 6.45) is 3.83. The molecule has 0 aliphatic rings. The molecule has 0 spiro atoms. The van der Waals surface area contributed by atoms with E-state index in [-0.39, 0.29) is 6.61 Å². The Kier molecular flexibility index (Phi) is 6.03. The molecule has 2 N–H and O–H groups in total. The van der Waals surface area contributed by atoms with Crippen LogP contribution in [0, 0.1) is 0 Å².